The zero-order valence-corrected chi connectivity index (χ0v) is 12.8. The molecule has 22 heavy (non-hydrogen) atoms. The third-order valence-electron chi connectivity index (χ3n) is 3.80. The number of aromatic nitrogens is 2. The Morgan fingerprint density at radius 2 is 2.32 bits per heavy atom. The number of rotatable bonds is 4. The van der Waals surface area contributed by atoms with Crippen molar-refractivity contribution < 1.29 is 14.1 Å². The second kappa shape index (κ2) is 6.36. The van der Waals surface area contributed by atoms with E-state index in [0.29, 0.717) is 23.3 Å². The summed E-state index contributed by atoms with van der Waals surface area (Å²) in [5.74, 6) is 0.264. The van der Waals surface area contributed by atoms with Gasteiger partial charge in [0.15, 0.2) is 0 Å². The summed E-state index contributed by atoms with van der Waals surface area (Å²) in [5.41, 5.74) is 0.795. The van der Waals surface area contributed by atoms with E-state index in [4.69, 9.17) is 20.9 Å². The van der Waals surface area contributed by atoms with Gasteiger partial charge in [-0.25, -0.2) is 0 Å². The molecule has 116 valence electrons. The molecule has 6 nitrogen and oxygen atoms in total. The smallest absolute Gasteiger partial charge is 0.322 e. The lowest BCUT2D eigenvalue weighted by molar-refractivity contribution is -0.145. The first-order valence-corrected chi connectivity index (χ1v) is 7.47. The molecule has 0 saturated heterocycles. The molecular formula is C15H16ClN3O3. The number of carbonyl (C=O) groups excluding carboxylic acids is 1. The molecule has 1 saturated carbocycles. The van der Waals surface area contributed by atoms with E-state index in [2.05, 4.69) is 15.5 Å². The van der Waals surface area contributed by atoms with E-state index in [1.54, 1.807) is 12.1 Å². The molecule has 1 aliphatic rings. The Balaban J connectivity index is 1.64. The number of hydrogen-bond acceptors (Lipinski definition) is 6. The van der Waals surface area contributed by atoms with E-state index in [0.717, 1.165) is 18.4 Å². The maximum absolute atomic E-state index is 11.5. The van der Waals surface area contributed by atoms with E-state index in [9.17, 15) is 4.79 Å². The molecule has 0 spiro atoms. The van der Waals surface area contributed by atoms with Gasteiger partial charge < -0.3 is 14.6 Å². The van der Waals surface area contributed by atoms with Crippen molar-refractivity contribution in [3.8, 4) is 11.4 Å². The van der Waals surface area contributed by atoms with Gasteiger partial charge >= 0.3 is 12.0 Å². The third kappa shape index (κ3) is 3.22. The molecule has 1 fully saturated rings. The van der Waals surface area contributed by atoms with Gasteiger partial charge in [0, 0.05) is 16.6 Å². The van der Waals surface area contributed by atoms with Crippen molar-refractivity contribution in [3.63, 3.8) is 0 Å². The predicted molar refractivity (Wildman–Crippen MR) is 81.5 cm³/mol. The van der Waals surface area contributed by atoms with Crippen LogP contribution in [0.1, 0.15) is 19.3 Å². The van der Waals surface area contributed by atoms with Gasteiger partial charge in [-0.15, -0.1) is 0 Å². The normalized spacial score (nSPS) is 20.8. The Hall–Kier alpha value is -2.08. The summed E-state index contributed by atoms with van der Waals surface area (Å²) < 4.78 is 9.99. The highest BCUT2D eigenvalue weighted by Crippen LogP contribution is 2.29. The number of methoxy groups -OCH3 is 1. The van der Waals surface area contributed by atoms with Crippen LogP contribution in [0.3, 0.4) is 0 Å². The molecule has 7 heteroatoms. The minimum absolute atomic E-state index is 0.0576. The van der Waals surface area contributed by atoms with Crippen LogP contribution >= 0.6 is 11.6 Å². The molecular weight excluding hydrogens is 306 g/mol. The van der Waals surface area contributed by atoms with Gasteiger partial charge in [0.2, 0.25) is 5.82 Å². The second-order valence-corrected chi connectivity index (χ2v) is 5.74. The molecule has 1 aromatic carbocycles. The molecule has 2 atom stereocenters. The molecule has 0 amide bonds. The highest BCUT2D eigenvalue weighted by atomic mass is 35.5. The van der Waals surface area contributed by atoms with Crippen LogP contribution in [-0.2, 0) is 9.53 Å². The summed E-state index contributed by atoms with van der Waals surface area (Å²) in [6.07, 6.45) is 2.38. The van der Waals surface area contributed by atoms with Gasteiger partial charge in [-0.3, -0.25) is 4.79 Å². The molecule has 3 rings (SSSR count). The fourth-order valence-electron chi connectivity index (χ4n) is 2.69. The molecule has 2 aromatic rings. The number of nitrogens with one attached hydrogen (secondary N) is 1. The maximum atomic E-state index is 11.5. The molecule has 0 radical (unpaired) electrons. The zero-order chi connectivity index (χ0) is 15.5. The number of benzene rings is 1. The van der Waals surface area contributed by atoms with Crippen LogP contribution in [0, 0.1) is 5.92 Å². The topological polar surface area (TPSA) is 77.2 Å². The Morgan fingerprint density at radius 3 is 3.09 bits per heavy atom. The van der Waals surface area contributed by atoms with E-state index >= 15 is 0 Å². The van der Waals surface area contributed by atoms with Crippen LogP contribution in [-0.4, -0.2) is 29.3 Å². The van der Waals surface area contributed by atoms with Crippen molar-refractivity contribution >= 4 is 23.6 Å². The Bertz CT molecular complexity index is 674. The Labute approximate surface area is 132 Å². The van der Waals surface area contributed by atoms with Gasteiger partial charge in [0.1, 0.15) is 0 Å². The first-order chi connectivity index (χ1) is 10.7. The van der Waals surface area contributed by atoms with Gasteiger partial charge in [-0.05, 0) is 31.4 Å². The fourth-order valence-corrected chi connectivity index (χ4v) is 2.89. The fraction of sp³-hybridized carbons (Fsp3) is 0.400. The Kier molecular flexibility index (Phi) is 4.29. The van der Waals surface area contributed by atoms with E-state index < -0.39 is 0 Å². The lowest BCUT2D eigenvalue weighted by atomic mass is 10.1. The highest BCUT2D eigenvalue weighted by molar-refractivity contribution is 6.30. The average molecular weight is 322 g/mol. The van der Waals surface area contributed by atoms with Gasteiger partial charge in [-0.2, -0.15) is 4.98 Å². The second-order valence-electron chi connectivity index (χ2n) is 5.31. The summed E-state index contributed by atoms with van der Waals surface area (Å²) in [6, 6.07) is 7.75. The molecule has 1 aromatic heterocycles. The number of nitrogens with zero attached hydrogens (tertiary/aromatic N) is 2. The molecule has 1 N–H and O–H groups in total. The predicted octanol–water partition coefficient (Wildman–Crippen LogP) is 3.14. The molecule has 1 aliphatic carbocycles. The van der Waals surface area contributed by atoms with Crippen LogP contribution in [0.2, 0.25) is 5.02 Å². The van der Waals surface area contributed by atoms with Gasteiger partial charge in [-0.1, -0.05) is 28.9 Å². The van der Waals surface area contributed by atoms with Crippen LogP contribution in [0.5, 0.6) is 0 Å². The van der Waals surface area contributed by atoms with E-state index in [1.165, 1.54) is 7.11 Å². The van der Waals surface area contributed by atoms with Crippen LogP contribution in [0.25, 0.3) is 11.4 Å². The summed E-state index contributed by atoms with van der Waals surface area (Å²) >= 11 is 5.95. The number of carbonyl (C=O) groups is 1. The van der Waals surface area contributed by atoms with E-state index in [1.807, 2.05) is 12.1 Å². The van der Waals surface area contributed by atoms with Gasteiger partial charge in [0.25, 0.3) is 0 Å². The SMILES string of the molecule is COC(=O)[C@H]1CC[C@@H](Nc2nc(-c3cccc(Cl)c3)no2)C1. The lowest BCUT2D eigenvalue weighted by Crippen LogP contribution is -2.18. The van der Waals surface area contributed by atoms with Crippen LogP contribution < -0.4 is 5.32 Å². The monoisotopic (exact) mass is 321 g/mol. The number of halogens is 1. The summed E-state index contributed by atoms with van der Waals surface area (Å²) in [5, 5.41) is 7.73. The number of esters is 1. The first-order valence-electron chi connectivity index (χ1n) is 7.09. The maximum Gasteiger partial charge on any atom is 0.322 e. The third-order valence-corrected chi connectivity index (χ3v) is 4.04. The zero-order valence-electron chi connectivity index (χ0n) is 12.1. The van der Waals surface area contributed by atoms with Crippen molar-refractivity contribution in [2.24, 2.45) is 5.92 Å². The summed E-state index contributed by atoms with van der Waals surface area (Å²) in [7, 11) is 1.42. The first kappa shape index (κ1) is 14.8. The summed E-state index contributed by atoms with van der Waals surface area (Å²) in [6.45, 7) is 0. The number of hydrogen-bond donors (Lipinski definition) is 1. The minimum atomic E-state index is -0.158. The minimum Gasteiger partial charge on any atom is -0.469 e. The quantitative estimate of drug-likeness (QED) is 0.872. The molecule has 1 heterocycles. The summed E-state index contributed by atoms with van der Waals surface area (Å²) in [4.78, 5) is 15.8. The molecule has 0 unspecified atom stereocenters. The van der Waals surface area contributed by atoms with Crippen LogP contribution in [0.15, 0.2) is 28.8 Å². The highest BCUT2D eigenvalue weighted by Gasteiger charge is 2.31. The average Bonchev–Trinajstić information content (AvgIpc) is 3.16. The van der Waals surface area contributed by atoms with Crippen molar-refractivity contribution in [2.75, 3.05) is 12.4 Å². The Morgan fingerprint density at radius 1 is 1.45 bits per heavy atom. The lowest BCUT2D eigenvalue weighted by Gasteiger charge is -2.09. The van der Waals surface area contributed by atoms with Crippen LogP contribution in [0.4, 0.5) is 6.01 Å². The molecule has 0 aliphatic heterocycles. The molecule has 0 bridgehead atoms. The van der Waals surface area contributed by atoms with Crippen molar-refractivity contribution in [2.45, 2.75) is 25.3 Å². The largest absolute Gasteiger partial charge is 0.469 e. The van der Waals surface area contributed by atoms with E-state index in [-0.39, 0.29) is 17.9 Å². The van der Waals surface area contributed by atoms with Crippen molar-refractivity contribution in [3.05, 3.63) is 29.3 Å². The number of ether oxygens (including phenoxy) is 1. The van der Waals surface area contributed by atoms with Crippen molar-refractivity contribution in [1.29, 1.82) is 0 Å². The number of anilines is 1. The van der Waals surface area contributed by atoms with Gasteiger partial charge in [0.05, 0.1) is 13.0 Å². The standard InChI is InChI=1S/C15H16ClN3O3/c1-21-14(20)10-5-6-12(8-10)17-15-18-13(19-22-15)9-3-2-4-11(16)7-9/h2-4,7,10,12H,5-6,8H2,1H3,(H,17,18,19)/t10-,12+/m0/s1. The van der Waals surface area contributed by atoms with Crippen molar-refractivity contribution in [1.82, 2.24) is 10.1 Å².